The monoisotopic (exact) mass is 357 g/mol. The maximum absolute atomic E-state index is 12.4. The molecule has 5 nitrogen and oxygen atoms in total. The third kappa shape index (κ3) is 5.01. The van der Waals surface area contributed by atoms with Gasteiger partial charge >= 0.3 is 6.03 Å². The summed E-state index contributed by atoms with van der Waals surface area (Å²) in [4.78, 5) is 26.2. The van der Waals surface area contributed by atoms with Gasteiger partial charge in [0.2, 0.25) is 5.91 Å². The van der Waals surface area contributed by atoms with Crippen molar-refractivity contribution in [2.75, 3.05) is 18.4 Å². The van der Waals surface area contributed by atoms with Gasteiger partial charge < -0.3 is 15.5 Å². The summed E-state index contributed by atoms with van der Waals surface area (Å²) >= 11 is 11.8. The number of piperidine rings is 1. The molecule has 1 aromatic carbocycles. The Morgan fingerprint density at radius 3 is 2.65 bits per heavy atom. The van der Waals surface area contributed by atoms with Crippen molar-refractivity contribution in [3.8, 4) is 0 Å². The summed E-state index contributed by atoms with van der Waals surface area (Å²) in [6.07, 6.45) is 1.57. The number of hydrogen-bond acceptors (Lipinski definition) is 2. The summed E-state index contributed by atoms with van der Waals surface area (Å²) in [5.41, 5.74) is 0.605. The molecule has 0 bridgehead atoms. The SMILES string of the molecule is CC(C)NC(=O)N1CCCC(C(=O)Nc2ccc(Cl)c(Cl)c2)C1. The van der Waals surface area contributed by atoms with Crippen LogP contribution in [-0.4, -0.2) is 36.0 Å². The van der Waals surface area contributed by atoms with E-state index in [9.17, 15) is 9.59 Å². The summed E-state index contributed by atoms with van der Waals surface area (Å²) in [5, 5.41) is 6.54. The van der Waals surface area contributed by atoms with Crippen molar-refractivity contribution < 1.29 is 9.59 Å². The summed E-state index contributed by atoms with van der Waals surface area (Å²) in [5.74, 6) is -0.332. The van der Waals surface area contributed by atoms with E-state index >= 15 is 0 Å². The molecule has 0 radical (unpaired) electrons. The first-order valence-corrected chi connectivity index (χ1v) is 8.43. The number of carbonyl (C=O) groups excluding carboxylic acids is 2. The smallest absolute Gasteiger partial charge is 0.317 e. The fraction of sp³-hybridized carbons (Fsp3) is 0.500. The summed E-state index contributed by atoms with van der Waals surface area (Å²) in [6, 6.07) is 4.93. The van der Waals surface area contributed by atoms with E-state index in [1.165, 1.54) is 0 Å². The van der Waals surface area contributed by atoms with Crippen molar-refractivity contribution in [3.63, 3.8) is 0 Å². The van der Waals surface area contributed by atoms with Gasteiger partial charge in [-0.1, -0.05) is 23.2 Å². The second kappa shape index (κ2) is 7.88. The molecule has 0 saturated carbocycles. The van der Waals surface area contributed by atoms with E-state index in [2.05, 4.69) is 10.6 Å². The molecule has 0 spiro atoms. The zero-order valence-corrected chi connectivity index (χ0v) is 14.7. The average Bonchev–Trinajstić information content (AvgIpc) is 2.50. The summed E-state index contributed by atoms with van der Waals surface area (Å²) in [6.45, 7) is 4.92. The largest absolute Gasteiger partial charge is 0.336 e. The van der Waals surface area contributed by atoms with Crippen molar-refractivity contribution in [2.24, 2.45) is 5.92 Å². The minimum atomic E-state index is -0.226. The topological polar surface area (TPSA) is 61.4 Å². The number of urea groups is 1. The Morgan fingerprint density at radius 1 is 1.26 bits per heavy atom. The predicted octanol–water partition coefficient (Wildman–Crippen LogP) is 3.76. The minimum Gasteiger partial charge on any atom is -0.336 e. The molecule has 23 heavy (non-hydrogen) atoms. The standard InChI is InChI=1S/C16H21Cl2N3O2/c1-10(2)19-16(23)21-7-3-4-11(9-21)15(22)20-12-5-6-13(17)14(18)8-12/h5-6,8,10-11H,3-4,7,9H2,1-2H3,(H,19,23)(H,20,22). The number of amides is 3. The molecule has 7 heteroatoms. The number of benzene rings is 1. The second-order valence-electron chi connectivity index (χ2n) is 6.01. The zero-order valence-electron chi connectivity index (χ0n) is 13.2. The number of likely N-dealkylation sites (tertiary alicyclic amines) is 1. The lowest BCUT2D eigenvalue weighted by Gasteiger charge is -2.32. The third-order valence-corrected chi connectivity index (χ3v) is 4.42. The Balaban J connectivity index is 1.96. The lowest BCUT2D eigenvalue weighted by molar-refractivity contribution is -0.121. The summed E-state index contributed by atoms with van der Waals surface area (Å²) < 4.78 is 0. The maximum Gasteiger partial charge on any atom is 0.317 e. The molecular formula is C16H21Cl2N3O2. The number of hydrogen-bond donors (Lipinski definition) is 2. The maximum atomic E-state index is 12.4. The lowest BCUT2D eigenvalue weighted by Crippen LogP contribution is -2.49. The molecule has 1 aliphatic rings. The van der Waals surface area contributed by atoms with Gasteiger partial charge in [0.25, 0.3) is 0 Å². The molecule has 2 rings (SSSR count). The van der Waals surface area contributed by atoms with Crippen LogP contribution in [0, 0.1) is 5.92 Å². The first-order chi connectivity index (χ1) is 10.9. The van der Waals surface area contributed by atoms with Crippen molar-refractivity contribution in [2.45, 2.75) is 32.7 Å². The molecule has 1 atom stereocenters. The fourth-order valence-electron chi connectivity index (χ4n) is 2.53. The number of anilines is 1. The number of nitrogens with zero attached hydrogens (tertiary/aromatic N) is 1. The highest BCUT2D eigenvalue weighted by atomic mass is 35.5. The minimum absolute atomic E-state index is 0.0768. The first kappa shape index (κ1) is 17.9. The van der Waals surface area contributed by atoms with Crippen molar-refractivity contribution >= 4 is 40.8 Å². The van der Waals surface area contributed by atoms with Gasteiger partial charge in [0.1, 0.15) is 0 Å². The number of rotatable bonds is 3. The first-order valence-electron chi connectivity index (χ1n) is 7.68. The molecule has 0 aromatic heterocycles. The third-order valence-electron chi connectivity index (χ3n) is 3.68. The number of carbonyl (C=O) groups is 2. The molecule has 1 aromatic rings. The molecule has 1 heterocycles. The van der Waals surface area contributed by atoms with E-state index in [-0.39, 0.29) is 23.9 Å². The van der Waals surface area contributed by atoms with E-state index in [0.717, 1.165) is 12.8 Å². The van der Waals surface area contributed by atoms with Gasteiger partial charge in [0.15, 0.2) is 0 Å². The van der Waals surface area contributed by atoms with Crippen LogP contribution in [-0.2, 0) is 4.79 Å². The molecule has 0 aliphatic carbocycles. The van der Waals surface area contributed by atoms with Gasteiger partial charge in [-0.25, -0.2) is 4.79 Å². The zero-order chi connectivity index (χ0) is 17.0. The molecule has 1 fully saturated rings. The van der Waals surface area contributed by atoms with Crippen LogP contribution in [0.4, 0.5) is 10.5 Å². The van der Waals surface area contributed by atoms with Crippen molar-refractivity contribution in [3.05, 3.63) is 28.2 Å². The van der Waals surface area contributed by atoms with Crippen LogP contribution in [0.1, 0.15) is 26.7 Å². The van der Waals surface area contributed by atoms with Gasteiger partial charge in [-0.3, -0.25) is 4.79 Å². The van der Waals surface area contributed by atoms with Gasteiger partial charge in [-0.15, -0.1) is 0 Å². The highest BCUT2D eigenvalue weighted by Gasteiger charge is 2.28. The van der Waals surface area contributed by atoms with Crippen LogP contribution in [0.2, 0.25) is 10.0 Å². The van der Waals surface area contributed by atoms with E-state index in [4.69, 9.17) is 23.2 Å². The molecule has 1 saturated heterocycles. The Kier molecular flexibility index (Phi) is 6.13. The van der Waals surface area contributed by atoms with Crippen LogP contribution in [0.5, 0.6) is 0 Å². The summed E-state index contributed by atoms with van der Waals surface area (Å²) in [7, 11) is 0. The van der Waals surface area contributed by atoms with Crippen LogP contribution < -0.4 is 10.6 Å². The molecule has 3 amide bonds. The highest BCUT2D eigenvalue weighted by molar-refractivity contribution is 6.42. The lowest BCUT2D eigenvalue weighted by atomic mass is 9.97. The predicted molar refractivity (Wildman–Crippen MR) is 93.1 cm³/mol. The molecule has 2 N–H and O–H groups in total. The van der Waals surface area contributed by atoms with Crippen molar-refractivity contribution in [1.29, 1.82) is 0 Å². The Hall–Kier alpha value is -1.46. The molecule has 126 valence electrons. The average molecular weight is 358 g/mol. The van der Waals surface area contributed by atoms with Gasteiger partial charge in [0.05, 0.1) is 16.0 Å². The quantitative estimate of drug-likeness (QED) is 0.864. The Bertz CT molecular complexity index is 593. The van der Waals surface area contributed by atoms with Gasteiger partial charge in [0, 0.05) is 24.8 Å². The fourth-order valence-corrected chi connectivity index (χ4v) is 2.83. The van der Waals surface area contributed by atoms with Crippen molar-refractivity contribution in [1.82, 2.24) is 10.2 Å². The molecular weight excluding hydrogens is 337 g/mol. The van der Waals surface area contributed by atoms with Crippen LogP contribution in [0.25, 0.3) is 0 Å². The van der Waals surface area contributed by atoms with E-state index < -0.39 is 0 Å². The van der Waals surface area contributed by atoms with Crippen LogP contribution >= 0.6 is 23.2 Å². The molecule has 1 aliphatic heterocycles. The Morgan fingerprint density at radius 2 is 2.00 bits per heavy atom. The molecule has 1 unspecified atom stereocenters. The number of nitrogens with one attached hydrogen (secondary N) is 2. The Labute approximate surface area is 146 Å². The normalized spacial score (nSPS) is 18.0. The highest BCUT2D eigenvalue weighted by Crippen LogP contribution is 2.26. The van der Waals surface area contributed by atoms with E-state index in [0.29, 0.717) is 28.8 Å². The number of halogens is 2. The van der Waals surface area contributed by atoms with Crippen LogP contribution in [0.3, 0.4) is 0 Å². The van der Waals surface area contributed by atoms with Gasteiger partial charge in [-0.05, 0) is 44.9 Å². The van der Waals surface area contributed by atoms with E-state index in [1.54, 1.807) is 23.1 Å². The van der Waals surface area contributed by atoms with Gasteiger partial charge in [-0.2, -0.15) is 0 Å². The second-order valence-corrected chi connectivity index (χ2v) is 6.82. The van der Waals surface area contributed by atoms with Crippen LogP contribution in [0.15, 0.2) is 18.2 Å². The van der Waals surface area contributed by atoms with E-state index in [1.807, 2.05) is 13.8 Å².